The Morgan fingerprint density at radius 2 is 2.29 bits per heavy atom. The van der Waals surface area contributed by atoms with Crippen molar-refractivity contribution in [2.45, 2.75) is 26.1 Å². The van der Waals surface area contributed by atoms with Crippen LogP contribution in [0.4, 0.5) is 0 Å². The minimum Gasteiger partial charge on any atom is -0.472 e. The monoisotopic (exact) mass is 195 g/mol. The molecular weight excluding hydrogens is 178 g/mol. The van der Waals surface area contributed by atoms with E-state index in [0.717, 1.165) is 18.7 Å². The third-order valence-corrected chi connectivity index (χ3v) is 2.67. The summed E-state index contributed by atoms with van der Waals surface area (Å²) < 4.78 is 11.0. The van der Waals surface area contributed by atoms with Crippen molar-refractivity contribution in [3.05, 3.63) is 24.2 Å². The van der Waals surface area contributed by atoms with Crippen LogP contribution in [0.15, 0.2) is 23.0 Å². The molecular formula is C11H17NO2. The quantitative estimate of drug-likeness (QED) is 0.783. The largest absolute Gasteiger partial charge is 0.472 e. The fourth-order valence-corrected chi connectivity index (χ4v) is 1.71. The van der Waals surface area contributed by atoms with E-state index in [1.807, 2.05) is 6.07 Å². The molecule has 0 amide bonds. The van der Waals surface area contributed by atoms with Crippen molar-refractivity contribution in [1.82, 2.24) is 5.32 Å². The highest BCUT2D eigenvalue weighted by Crippen LogP contribution is 2.24. The highest BCUT2D eigenvalue weighted by Gasteiger charge is 2.25. The van der Waals surface area contributed by atoms with Gasteiger partial charge in [-0.05, 0) is 12.0 Å². The van der Waals surface area contributed by atoms with Gasteiger partial charge < -0.3 is 14.5 Å². The van der Waals surface area contributed by atoms with E-state index in [1.165, 1.54) is 0 Å². The minimum absolute atomic E-state index is 0.148. The molecule has 1 N–H and O–H groups in total. The van der Waals surface area contributed by atoms with Crippen molar-refractivity contribution in [2.75, 3.05) is 13.1 Å². The first-order valence-corrected chi connectivity index (χ1v) is 5.15. The minimum atomic E-state index is 0.148. The van der Waals surface area contributed by atoms with Crippen molar-refractivity contribution in [3.63, 3.8) is 0 Å². The highest BCUT2D eigenvalue weighted by molar-refractivity contribution is 5.11. The Kier molecular flexibility index (Phi) is 2.89. The number of ether oxygens (including phenoxy) is 1. The van der Waals surface area contributed by atoms with E-state index in [9.17, 15) is 0 Å². The second-order valence-electron chi connectivity index (χ2n) is 4.12. The van der Waals surface area contributed by atoms with Crippen LogP contribution in [0.5, 0.6) is 0 Å². The molecule has 78 valence electrons. The van der Waals surface area contributed by atoms with E-state index in [4.69, 9.17) is 9.15 Å². The summed E-state index contributed by atoms with van der Waals surface area (Å²) in [4.78, 5) is 0. The molecule has 1 fully saturated rings. The molecule has 1 aromatic heterocycles. The van der Waals surface area contributed by atoms with E-state index in [1.54, 1.807) is 12.5 Å². The van der Waals surface area contributed by atoms with Crippen LogP contribution in [0.1, 0.15) is 25.5 Å². The van der Waals surface area contributed by atoms with Crippen LogP contribution in [0.3, 0.4) is 0 Å². The number of nitrogens with one attached hydrogen (secondary N) is 1. The molecule has 0 bridgehead atoms. The van der Waals surface area contributed by atoms with Crippen LogP contribution >= 0.6 is 0 Å². The van der Waals surface area contributed by atoms with E-state index >= 15 is 0 Å². The normalized spacial score (nSPS) is 28.2. The molecule has 2 rings (SSSR count). The zero-order chi connectivity index (χ0) is 9.97. The smallest absolute Gasteiger partial charge is 0.0984 e. The number of morpholine rings is 1. The molecule has 1 aliphatic heterocycles. The molecule has 14 heavy (non-hydrogen) atoms. The van der Waals surface area contributed by atoms with Crippen molar-refractivity contribution in [3.8, 4) is 0 Å². The third-order valence-electron chi connectivity index (χ3n) is 2.67. The van der Waals surface area contributed by atoms with Gasteiger partial charge >= 0.3 is 0 Å². The van der Waals surface area contributed by atoms with Gasteiger partial charge in [0.25, 0.3) is 0 Å². The first-order valence-electron chi connectivity index (χ1n) is 5.15. The van der Waals surface area contributed by atoms with Gasteiger partial charge in [-0.25, -0.2) is 0 Å². The highest BCUT2D eigenvalue weighted by atomic mass is 16.5. The van der Waals surface area contributed by atoms with Crippen molar-refractivity contribution in [2.24, 2.45) is 5.92 Å². The maximum Gasteiger partial charge on any atom is 0.0984 e. The molecule has 1 aromatic rings. The second kappa shape index (κ2) is 4.15. The average Bonchev–Trinajstić information content (AvgIpc) is 2.71. The Bertz CT molecular complexity index is 269. The Labute approximate surface area is 84.4 Å². The summed E-state index contributed by atoms with van der Waals surface area (Å²) in [5, 5.41) is 3.39. The van der Waals surface area contributed by atoms with E-state index in [-0.39, 0.29) is 6.10 Å². The fourth-order valence-electron chi connectivity index (χ4n) is 1.71. The standard InChI is InChI=1S/C11H17NO2/c1-8(2)10-5-12-6-11(14-10)9-3-4-13-7-9/h3-4,7-8,10-12H,5-6H2,1-2H3. The summed E-state index contributed by atoms with van der Waals surface area (Å²) in [6.45, 7) is 6.20. The lowest BCUT2D eigenvalue weighted by atomic mass is 10.0. The molecule has 0 aromatic carbocycles. The Morgan fingerprint density at radius 1 is 1.43 bits per heavy atom. The predicted molar refractivity (Wildman–Crippen MR) is 54.0 cm³/mol. The van der Waals surface area contributed by atoms with Crippen LogP contribution < -0.4 is 5.32 Å². The van der Waals surface area contributed by atoms with Gasteiger partial charge in [0, 0.05) is 18.7 Å². The molecule has 0 saturated carbocycles. The van der Waals surface area contributed by atoms with Gasteiger partial charge in [-0.3, -0.25) is 0 Å². The van der Waals surface area contributed by atoms with E-state index < -0.39 is 0 Å². The number of hydrogen-bond acceptors (Lipinski definition) is 3. The molecule has 2 unspecified atom stereocenters. The summed E-state index contributed by atoms with van der Waals surface area (Å²) in [5.74, 6) is 0.553. The van der Waals surface area contributed by atoms with Crippen molar-refractivity contribution in [1.29, 1.82) is 0 Å². The first-order chi connectivity index (χ1) is 6.77. The van der Waals surface area contributed by atoms with Crippen LogP contribution in [0, 0.1) is 5.92 Å². The Balaban J connectivity index is 2.01. The lowest BCUT2D eigenvalue weighted by Gasteiger charge is -2.32. The zero-order valence-electron chi connectivity index (χ0n) is 8.69. The van der Waals surface area contributed by atoms with Gasteiger partial charge in [-0.15, -0.1) is 0 Å². The number of rotatable bonds is 2. The van der Waals surface area contributed by atoms with Crippen LogP contribution in [0.25, 0.3) is 0 Å². The fraction of sp³-hybridized carbons (Fsp3) is 0.636. The summed E-state index contributed by atoms with van der Waals surface area (Å²) >= 11 is 0. The summed E-state index contributed by atoms with van der Waals surface area (Å²) in [6, 6.07) is 1.97. The zero-order valence-corrected chi connectivity index (χ0v) is 8.69. The third kappa shape index (κ3) is 1.99. The topological polar surface area (TPSA) is 34.4 Å². The first kappa shape index (κ1) is 9.74. The lowest BCUT2D eigenvalue weighted by Crippen LogP contribution is -2.42. The maximum absolute atomic E-state index is 5.97. The van der Waals surface area contributed by atoms with Gasteiger partial charge in [-0.1, -0.05) is 13.8 Å². The predicted octanol–water partition coefficient (Wildman–Crippen LogP) is 1.97. The van der Waals surface area contributed by atoms with Crippen LogP contribution in [0.2, 0.25) is 0 Å². The van der Waals surface area contributed by atoms with Crippen molar-refractivity contribution >= 4 is 0 Å². The van der Waals surface area contributed by atoms with Gasteiger partial charge in [0.1, 0.15) is 0 Å². The molecule has 0 spiro atoms. The van der Waals surface area contributed by atoms with Crippen LogP contribution in [-0.4, -0.2) is 19.2 Å². The lowest BCUT2D eigenvalue weighted by molar-refractivity contribution is -0.0605. The molecule has 2 atom stereocenters. The summed E-state index contributed by atoms with van der Waals surface area (Å²) in [6.07, 6.45) is 3.91. The Morgan fingerprint density at radius 3 is 2.93 bits per heavy atom. The van der Waals surface area contributed by atoms with E-state index in [0.29, 0.717) is 12.0 Å². The molecule has 3 heteroatoms. The molecule has 0 aliphatic carbocycles. The molecule has 3 nitrogen and oxygen atoms in total. The summed E-state index contributed by atoms with van der Waals surface area (Å²) in [7, 11) is 0. The van der Waals surface area contributed by atoms with Gasteiger partial charge in [-0.2, -0.15) is 0 Å². The SMILES string of the molecule is CC(C)C1CNCC(c2ccoc2)O1. The summed E-state index contributed by atoms with van der Waals surface area (Å²) in [5.41, 5.74) is 1.13. The number of hydrogen-bond donors (Lipinski definition) is 1. The van der Waals surface area contributed by atoms with Crippen LogP contribution in [-0.2, 0) is 4.74 Å². The van der Waals surface area contributed by atoms with Gasteiger partial charge in [0.15, 0.2) is 0 Å². The molecule has 1 aliphatic rings. The van der Waals surface area contributed by atoms with Gasteiger partial charge in [0.2, 0.25) is 0 Å². The van der Waals surface area contributed by atoms with E-state index in [2.05, 4.69) is 19.2 Å². The molecule has 1 saturated heterocycles. The Hall–Kier alpha value is -0.800. The van der Waals surface area contributed by atoms with Crippen molar-refractivity contribution < 1.29 is 9.15 Å². The maximum atomic E-state index is 5.97. The number of furan rings is 1. The molecule has 0 radical (unpaired) electrons. The second-order valence-corrected chi connectivity index (χ2v) is 4.12. The van der Waals surface area contributed by atoms with Gasteiger partial charge in [0.05, 0.1) is 24.7 Å². The molecule has 2 heterocycles. The average molecular weight is 195 g/mol.